The van der Waals surface area contributed by atoms with E-state index < -0.39 is 6.10 Å². The predicted molar refractivity (Wildman–Crippen MR) is 77.0 cm³/mol. The number of aromatic nitrogens is 2. The monoisotopic (exact) mass is 273 g/mol. The van der Waals surface area contributed by atoms with Gasteiger partial charge in [-0.1, -0.05) is 25.1 Å². The van der Waals surface area contributed by atoms with Gasteiger partial charge in [0.15, 0.2) is 6.10 Å². The van der Waals surface area contributed by atoms with E-state index in [1.54, 1.807) is 23.9 Å². The molecule has 1 aromatic carbocycles. The second kappa shape index (κ2) is 6.75. The maximum Gasteiger partial charge on any atom is 0.260 e. The lowest BCUT2D eigenvalue weighted by atomic mass is 10.3. The van der Waals surface area contributed by atoms with Gasteiger partial charge in [-0.3, -0.25) is 4.79 Å². The minimum absolute atomic E-state index is 0.124. The number of hydrogen-bond acceptors (Lipinski definition) is 3. The molecule has 0 aliphatic heterocycles. The SMILES string of the molecule is CCCNC(=O)[C@H](C)Oc1ccn(-c2ccccc2)n1. The summed E-state index contributed by atoms with van der Waals surface area (Å²) < 4.78 is 7.25. The van der Waals surface area contributed by atoms with Crippen LogP contribution in [-0.2, 0) is 4.79 Å². The normalized spacial score (nSPS) is 11.9. The molecule has 0 unspecified atom stereocenters. The number of nitrogens with one attached hydrogen (secondary N) is 1. The van der Waals surface area contributed by atoms with E-state index in [4.69, 9.17) is 4.74 Å². The third-order valence-corrected chi connectivity index (χ3v) is 2.80. The number of para-hydroxylation sites is 1. The standard InChI is InChI=1S/C15H19N3O2/c1-3-10-16-15(19)12(2)20-14-9-11-18(17-14)13-7-5-4-6-8-13/h4-9,11-12H,3,10H2,1-2H3,(H,16,19)/t12-/m0/s1. The van der Waals surface area contributed by atoms with Gasteiger partial charge in [-0.15, -0.1) is 5.10 Å². The van der Waals surface area contributed by atoms with Crippen molar-refractivity contribution in [1.29, 1.82) is 0 Å². The van der Waals surface area contributed by atoms with E-state index in [9.17, 15) is 4.79 Å². The topological polar surface area (TPSA) is 56.1 Å². The van der Waals surface area contributed by atoms with Crippen LogP contribution >= 0.6 is 0 Å². The maximum atomic E-state index is 11.7. The quantitative estimate of drug-likeness (QED) is 0.877. The highest BCUT2D eigenvalue weighted by Gasteiger charge is 2.15. The molecule has 1 aromatic heterocycles. The molecule has 1 N–H and O–H groups in total. The molecule has 0 aliphatic carbocycles. The Morgan fingerprint density at radius 1 is 1.35 bits per heavy atom. The summed E-state index contributed by atoms with van der Waals surface area (Å²) in [5.74, 6) is 0.314. The summed E-state index contributed by atoms with van der Waals surface area (Å²) in [6, 6.07) is 11.5. The summed E-state index contributed by atoms with van der Waals surface area (Å²) in [5.41, 5.74) is 0.949. The zero-order valence-corrected chi connectivity index (χ0v) is 11.7. The lowest BCUT2D eigenvalue weighted by molar-refractivity contribution is -0.127. The van der Waals surface area contributed by atoms with Gasteiger partial charge in [0.25, 0.3) is 5.91 Å². The molecule has 5 nitrogen and oxygen atoms in total. The zero-order chi connectivity index (χ0) is 14.4. The van der Waals surface area contributed by atoms with Gasteiger partial charge in [0.1, 0.15) is 0 Å². The predicted octanol–water partition coefficient (Wildman–Crippen LogP) is 2.17. The van der Waals surface area contributed by atoms with E-state index in [0.717, 1.165) is 12.1 Å². The molecule has 0 radical (unpaired) electrons. The fourth-order valence-electron chi connectivity index (χ4n) is 1.72. The Hall–Kier alpha value is -2.30. The van der Waals surface area contributed by atoms with Crippen molar-refractivity contribution >= 4 is 5.91 Å². The average molecular weight is 273 g/mol. The highest BCUT2D eigenvalue weighted by Crippen LogP contribution is 2.12. The number of benzene rings is 1. The molecule has 106 valence electrons. The molecule has 0 bridgehead atoms. The second-order valence-electron chi connectivity index (χ2n) is 4.49. The zero-order valence-electron chi connectivity index (χ0n) is 11.7. The van der Waals surface area contributed by atoms with Crippen LogP contribution in [0.2, 0.25) is 0 Å². The maximum absolute atomic E-state index is 11.7. The summed E-state index contributed by atoms with van der Waals surface area (Å²) in [7, 11) is 0. The number of hydrogen-bond donors (Lipinski definition) is 1. The second-order valence-corrected chi connectivity index (χ2v) is 4.49. The van der Waals surface area contributed by atoms with Crippen molar-refractivity contribution in [2.75, 3.05) is 6.54 Å². The van der Waals surface area contributed by atoms with E-state index >= 15 is 0 Å². The van der Waals surface area contributed by atoms with Crippen LogP contribution in [0.25, 0.3) is 5.69 Å². The fraction of sp³-hybridized carbons (Fsp3) is 0.333. The molecule has 20 heavy (non-hydrogen) atoms. The lowest BCUT2D eigenvalue weighted by Gasteiger charge is -2.12. The Kier molecular flexibility index (Phi) is 4.76. The molecule has 0 spiro atoms. The molecule has 5 heteroatoms. The molecule has 0 aliphatic rings. The summed E-state index contributed by atoms with van der Waals surface area (Å²) in [6.07, 6.45) is 2.16. The molecule has 2 rings (SSSR count). The van der Waals surface area contributed by atoms with Gasteiger partial charge < -0.3 is 10.1 Å². The van der Waals surface area contributed by atoms with Crippen molar-refractivity contribution in [3.63, 3.8) is 0 Å². The highest BCUT2D eigenvalue weighted by atomic mass is 16.5. The Labute approximate surface area is 118 Å². The first kappa shape index (κ1) is 14.1. The van der Waals surface area contributed by atoms with Gasteiger partial charge in [-0.25, -0.2) is 4.68 Å². The molecule has 2 aromatic rings. The first-order valence-electron chi connectivity index (χ1n) is 6.76. The summed E-state index contributed by atoms with van der Waals surface area (Å²) in [6.45, 7) is 4.38. The average Bonchev–Trinajstić information content (AvgIpc) is 2.94. The Balaban J connectivity index is 1.98. The van der Waals surface area contributed by atoms with Crippen LogP contribution in [-0.4, -0.2) is 28.3 Å². The molecular weight excluding hydrogens is 254 g/mol. The van der Waals surface area contributed by atoms with Crippen LogP contribution in [0.3, 0.4) is 0 Å². The van der Waals surface area contributed by atoms with Crippen LogP contribution in [0.4, 0.5) is 0 Å². The van der Waals surface area contributed by atoms with Crippen LogP contribution < -0.4 is 10.1 Å². The largest absolute Gasteiger partial charge is 0.463 e. The van der Waals surface area contributed by atoms with Gasteiger partial charge in [0, 0.05) is 18.8 Å². The Morgan fingerprint density at radius 3 is 2.80 bits per heavy atom. The molecule has 0 fully saturated rings. The molecular formula is C15H19N3O2. The summed E-state index contributed by atoms with van der Waals surface area (Å²) >= 11 is 0. The molecule has 1 amide bonds. The van der Waals surface area contributed by atoms with Gasteiger partial charge in [-0.2, -0.15) is 0 Å². The van der Waals surface area contributed by atoms with Crippen LogP contribution in [0.1, 0.15) is 20.3 Å². The van der Waals surface area contributed by atoms with E-state index in [0.29, 0.717) is 12.4 Å². The van der Waals surface area contributed by atoms with Crippen molar-refractivity contribution in [1.82, 2.24) is 15.1 Å². The first-order valence-corrected chi connectivity index (χ1v) is 6.76. The molecule has 1 heterocycles. The minimum Gasteiger partial charge on any atom is -0.463 e. The highest BCUT2D eigenvalue weighted by molar-refractivity contribution is 5.80. The lowest BCUT2D eigenvalue weighted by Crippen LogP contribution is -2.36. The van der Waals surface area contributed by atoms with Crippen molar-refractivity contribution in [3.8, 4) is 11.6 Å². The third-order valence-electron chi connectivity index (χ3n) is 2.80. The smallest absolute Gasteiger partial charge is 0.260 e. The van der Waals surface area contributed by atoms with E-state index in [2.05, 4.69) is 10.4 Å². The van der Waals surface area contributed by atoms with Crippen LogP contribution in [0.5, 0.6) is 5.88 Å². The first-order chi connectivity index (χ1) is 9.70. The fourth-order valence-corrected chi connectivity index (χ4v) is 1.72. The molecule has 1 atom stereocenters. The summed E-state index contributed by atoms with van der Waals surface area (Å²) in [4.78, 5) is 11.7. The number of rotatable bonds is 6. The van der Waals surface area contributed by atoms with Crippen LogP contribution in [0.15, 0.2) is 42.6 Å². The Morgan fingerprint density at radius 2 is 2.10 bits per heavy atom. The Bertz CT molecular complexity index is 551. The number of nitrogens with zero attached hydrogens (tertiary/aromatic N) is 2. The molecule has 0 saturated heterocycles. The number of carbonyl (C=O) groups is 1. The number of ether oxygens (including phenoxy) is 1. The molecule has 0 saturated carbocycles. The van der Waals surface area contributed by atoms with Crippen molar-refractivity contribution in [2.45, 2.75) is 26.4 Å². The van der Waals surface area contributed by atoms with E-state index in [-0.39, 0.29) is 5.91 Å². The van der Waals surface area contributed by atoms with Gasteiger partial charge >= 0.3 is 0 Å². The van der Waals surface area contributed by atoms with Crippen LogP contribution in [0, 0.1) is 0 Å². The summed E-state index contributed by atoms with van der Waals surface area (Å²) in [5, 5.41) is 7.09. The number of carbonyl (C=O) groups excluding carboxylic acids is 1. The van der Waals surface area contributed by atoms with Crippen molar-refractivity contribution in [3.05, 3.63) is 42.6 Å². The van der Waals surface area contributed by atoms with Gasteiger partial charge in [-0.05, 0) is 25.5 Å². The van der Waals surface area contributed by atoms with Gasteiger partial charge in [0.05, 0.1) is 5.69 Å². The minimum atomic E-state index is -0.555. The van der Waals surface area contributed by atoms with E-state index in [1.165, 1.54) is 0 Å². The van der Waals surface area contributed by atoms with Crippen molar-refractivity contribution in [2.24, 2.45) is 0 Å². The van der Waals surface area contributed by atoms with Crippen molar-refractivity contribution < 1.29 is 9.53 Å². The third kappa shape index (κ3) is 3.60. The van der Waals surface area contributed by atoms with E-state index in [1.807, 2.05) is 37.3 Å². The number of amides is 1. The van der Waals surface area contributed by atoms with Gasteiger partial charge in [0.2, 0.25) is 5.88 Å².